The lowest BCUT2D eigenvalue weighted by atomic mass is 9.83. The SMILES string of the molecule is Cc1cccc(-c2ncc(CN3CCC[C@@](C)(C#N)C3)cn2)c1. The molecule has 0 radical (unpaired) electrons. The van der Waals surface area contributed by atoms with Crippen LogP contribution in [0.25, 0.3) is 11.4 Å². The number of aryl methyl sites for hydroxylation is 1. The molecule has 1 fully saturated rings. The first-order valence-corrected chi connectivity index (χ1v) is 8.10. The first kappa shape index (κ1) is 15.6. The molecule has 0 aliphatic carbocycles. The van der Waals surface area contributed by atoms with Crippen LogP contribution in [0.4, 0.5) is 0 Å². The number of hydrogen-bond donors (Lipinski definition) is 0. The molecule has 23 heavy (non-hydrogen) atoms. The van der Waals surface area contributed by atoms with Gasteiger partial charge in [-0.25, -0.2) is 9.97 Å². The number of nitrogens with zero attached hydrogens (tertiary/aromatic N) is 4. The van der Waals surface area contributed by atoms with Gasteiger partial charge in [0.2, 0.25) is 0 Å². The summed E-state index contributed by atoms with van der Waals surface area (Å²) in [5.74, 6) is 0.762. The van der Waals surface area contributed by atoms with Gasteiger partial charge < -0.3 is 0 Å². The van der Waals surface area contributed by atoms with E-state index in [1.165, 1.54) is 5.56 Å². The van der Waals surface area contributed by atoms with Crippen LogP contribution in [0.2, 0.25) is 0 Å². The molecule has 0 spiro atoms. The third-order valence-electron chi connectivity index (χ3n) is 4.43. The van der Waals surface area contributed by atoms with E-state index in [1.54, 1.807) is 0 Å². The molecular formula is C19H22N4. The molecule has 0 bridgehead atoms. The monoisotopic (exact) mass is 306 g/mol. The van der Waals surface area contributed by atoms with E-state index < -0.39 is 0 Å². The fraction of sp³-hybridized carbons (Fsp3) is 0.421. The minimum Gasteiger partial charge on any atom is -0.297 e. The van der Waals surface area contributed by atoms with Crippen molar-refractivity contribution in [3.05, 3.63) is 47.8 Å². The van der Waals surface area contributed by atoms with Crippen molar-refractivity contribution in [1.82, 2.24) is 14.9 Å². The Morgan fingerprint density at radius 3 is 2.78 bits per heavy atom. The minimum absolute atomic E-state index is 0.222. The van der Waals surface area contributed by atoms with Crippen LogP contribution in [-0.2, 0) is 6.54 Å². The van der Waals surface area contributed by atoms with Crippen LogP contribution in [0.15, 0.2) is 36.7 Å². The van der Waals surface area contributed by atoms with Crippen LogP contribution in [0.3, 0.4) is 0 Å². The third-order valence-corrected chi connectivity index (χ3v) is 4.43. The molecule has 1 saturated heterocycles. The Morgan fingerprint density at radius 1 is 1.30 bits per heavy atom. The molecule has 4 nitrogen and oxygen atoms in total. The van der Waals surface area contributed by atoms with Crippen LogP contribution >= 0.6 is 0 Å². The van der Waals surface area contributed by atoms with E-state index in [-0.39, 0.29) is 5.41 Å². The number of benzene rings is 1. The molecule has 0 unspecified atom stereocenters. The van der Waals surface area contributed by atoms with Gasteiger partial charge in [-0.15, -0.1) is 0 Å². The lowest BCUT2D eigenvalue weighted by Crippen LogP contribution is -2.40. The molecule has 1 aromatic carbocycles. The molecule has 0 amide bonds. The van der Waals surface area contributed by atoms with E-state index in [2.05, 4.69) is 46.9 Å². The zero-order chi connectivity index (χ0) is 16.3. The van der Waals surface area contributed by atoms with Crippen LogP contribution in [0.1, 0.15) is 30.9 Å². The normalized spacial score (nSPS) is 21.8. The summed E-state index contributed by atoms with van der Waals surface area (Å²) in [7, 11) is 0. The van der Waals surface area contributed by atoms with Crippen molar-refractivity contribution in [2.75, 3.05) is 13.1 Å². The summed E-state index contributed by atoms with van der Waals surface area (Å²) in [5.41, 5.74) is 3.13. The van der Waals surface area contributed by atoms with Crippen molar-refractivity contribution in [2.45, 2.75) is 33.2 Å². The van der Waals surface area contributed by atoms with E-state index in [1.807, 2.05) is 24.5 Å². The number of nitriles is 1. The van der Waals surface area contributed by atoms with Crippen molar-refractivity contribution in [1.29, 1.82) is 5.26 Å². The number of rotatable bonds is 3. The van der Waals surface area contributed by atoms with Gasteiger partial charge in [0.1, 0.15) is 0 Å². The molecule has 1 atom stereocenters. The van der Waals surface area contributed by atoms with Crippen LogP contribution in [0.5, 0.6) is 0 Å². The van der Waals surface area contributed by atoms with Gasteiger partial charge >= 0.3 is 0 Å². The largest absolute Gasteiger partial charge is 0.297 e. The second-order valence-electron chi connectivity index (χ2n) is 6.77. The number of hydrogen-bond acceptors (Lipinski definition) is 4. The van der Waals surface area contributed by atoms with E-state index in [4.69, 9.17) is 0 Å². The molecule has 2 aromatic rings. The average molecular weight is 306 g/mol. The zero-order valence-corrected chi connectivity index (χ0v) is 13.8. The van der Waals surface area contributed by atoms with Gasteiger partial charge in [-0.05, 0) is 39.3 Å². The summed E-state index contributed by atoms with van der Waals surface area (Å²) in [6, 6.07) is 10.7. The molecule has 2 heterocycles. The second-order valence-corrected chi connectivity index (χ2v) is 6.77. The zero-order valence-electron chi connectivity index (χ0n) is 13.8. The molecular weight excluding hydrogens is 284 g/mol. The Morgan fingerprint density at radius 2 is 2.09 bits per heavy atom. The van der Waals surface area contributed by atoms with E-state index in [0.717, 1.165) is 49.4 Å². The van der Waals surface area contributed by atoms with Crippen LogP contribution in [-0.4, -0.2) is 28.0 Å². The van der Waals surface area contributed by atoms with Crippen molar-refractivity contribution in [3.8, 4) is 17.5 Å². The van der Waals surface area contributed by atoms with Gasteiger partial charge in [0.25, 0.3) is 0 Å². The van der Waals surface area contributed by atoms with Crippen molar-refractivity contribution in [3.63, 3.8) is 0 Å². The Kier molecular flexibility index (Phi) is 4.40. The van der Waals surface area contributed by atoms with Gasteiger partial charge in [-0.3, -0.25) is 4.90 Å². The number of likely N-dealkylation sites (tertiary alicyclic amines) is 1. The van der Waals surface area contributed by atoms with Gasteiger partial charge in [0.15, 0.2) is 5.82 Å². The predicted molar refractivity (Wildman–Crippen MR) is 90.4 cm³/mol. The Hall–Kier alpha value is -2.25. The third kappa shape index (κ3) is 3.75. The number of piperidine rings is 1. The van der Waals surface area contributed by atoms with Gasteiger partial charge in [-0.2, -0.15) is 5.26 Å². The lowest BCUT2D eigenvalue weighted by Gasteiger charge is -2.35. The molecule has 118 valence electrons. The highest BCUT2D eigenvalue weighted by Gasteiger charge is 2.30. The molecule has 0 saturated carbocycles. The van der Waals surface area contributed by atoms with E-state index in [9.17, 15) is 5.26 Å². The maximum Gasteiger partial charge on any atom is 0.159 e. The fourth-order valence-electron chi connectivity index (χ4n) is 3.20. The predicted octanol–water partition coefficient (Wildman–Crippen LogP) is 3.58. The molecule has 4 heteroatoms. The standard InChI is InChI=1S/C19H22N4/c1-15-5-3-6-17(9-15)18-21-10-16(11-22-18)12-23-8-4-7-19(2,13-20)14-23/h3,5-6,9-11H,4,7-8,12,14H2,1-2H3/t19-/m0/s1. The Bertz CT molecular complexity index is 717. The molecule has 3 rings (SSSR count). The van der Waals surface area contributed by atoms with E-state index in [0.29, 0.717) is 0 Å². The minimum atomic E-state index is -0.222. The molecule has 0 N–H and O–H groups in total. The summed E-state index contributed by atoms with van der Waals surface area (Å²) in [5, 5.41) is 9.32. The highest BCUT2D eigenvalue weighted by Crippen LogP contribution is 2.29. The highest BCUT2D eigenvalue weighted by atomic mass is 15.1. The highest BCUT2D eigenvalue weighted by molar-refractivity contribution is 5.55. The maximum atomic E-state index is 9.32. The van der Waals surface area contributed by atoms with Gasteiger partial charge in [0.05, 0.1) is 11.5 Å². The fourth-order valence-corrected chi connectivity index (χ4v) is 3.20. The topological polar surface area (TPSA) is 52.8 Å². The van der Waals surface area contributed by atoms with Crippen molar-refractivity contribution in [2.24, 2.45) is 5.41 Å². The van der Waals surface area contributed by atoms with Gasteiger partial charge in [0, 0.05) is 36.6 Å². The quantitative estimate of drug-likeness (QED) is 0.869. The number of aromatic nitrogens is 2. The van der Waals surface area contributed by atoms with E-state index >= 15 is 0 Å². The van der Waals surface area contributed by atoms with Crippen molar-refractivity contribution < 1.29 is 0 Å². The smallest absolute Gasteiger partial charge is 0.159 e. The summed E-state index contributed by atoms with van der Waals surface area (Å²) < 4.78 is 0. The summed E-state index contributed by atoms with van der Waals surface area (Å²) >= 11 is 0. The van der Waals surface area contributed by atoms with Crippen molar-refractivity contribution >= 4 is 0 Å². The Balaban J connectivity index is 1.70. The van der Waals surface area contributed by atoms with Crippen LogP contribution < -0.4 is 0 Å². The summed E-state index contributed by atoms with van der Waals surface area (Å²) in [6.45, 7) is 6.79. The molecule has 1 aliphatic heterocycles. The maximum absolute atomic E-state index is 9.32. The first-order valence-electron chi connectivity index (χ1n) is 8.10. The molecule has 1 aromatic heterocycles. The van der Waals surface area contributed by atoms with Gasteiger partial charge in [-0.1, -0.05) is 23.8 Å². The molecule has 1 aliphatic rings. The first-order chi connectivity index (χ1) is 11.1. The Labute approximate surface area is 137 Å². The average Bonchev–Trinajstić information content (AvgIpc) is 2.56. The lowest BCUT2D eigenvalue weighted by molar-refractivity contribution is 0.136. The van der Waals surface area contributed by atoms with Crippen LogP contribution in [0, 0.1) is 23.7 Å². The summed E-state index contributed by atoms with van der Waals surface area (Å²) in [6.07, 6.45) is 5.88. The second kappa shape index (κ2) is 6.47. The summed E-state index contributed by atoms with van der Waals surface area (Å²) in [4.78, 5) is 11.3.